The Bertz CT molecular complexity index is 526. The van der Waals surface area contributed by atoms with Crippen LogP contribution in [0.15, 0.2) is 23.5 Å². The van der Waals surface area contributed by atoms with E-state index in [1.54, 1.807) is 20.2 Å². The molecule has 1 aliphatic heterocycles. The van der Waals surface area contributed by atoms with Crippen molar-refractivity contribution in [1.82, 2.24) is 20.4 Å². The highest BCUT2D eigenvalue weighted by molar-refractivity contribution is 6.03. The molecule has 0 bridgehead atoms. The minimum absolute atomic E-state index is 0.129. The van der Waals surface area contributed by atoms with Crippen molar-refractivity contribution in [3.05, 3.63) is 23.5 Å². The molecule has 2 amide bonds. The van der Waals surface area contributed by atoms with Crippen LogP contribution in [0.3, 0.4) is 0 Å². The molecular weight excluding hydrogens is 246 g/mol. The number of aromatic nitrogens is 2. The van der Waals surface area contributed by atoms with Gasteiger partial charge in [-0.15, -0.1) is 0 Å². The van der Waals surface area contributed by atoms with Gasteiger partial charge in [0.1, 0.15) is 6.54 Å². The number of hydrogen-bond acceptors (Lipinski definition) is 4. The van der Waals surface area contributed by atoms with Crippen molar-refractivity contribution in [2.45, 2.75) is 13.5 Å². The standard InChI is InChI=1S/C12H17N5O2/c1-8(9-3-14-4-9)12(19)16-10-5-15-17(6-10)7-11(18)13-2/h5-6,14H,3-4,7H2,1-2H3,(H,13,18)(H,16,19). The Morgan fingerprint density at radius 1 is 1.47 bits per heavy atom. The summed E-state index contributed by atoms with van der Waals surface area (Å²) in [4.78, 5) is 23.1. The van der Waals surface area contributed by atoms with Gasteiger partial charge in [0.2, 0.25) is 5.91 Å². The third-order valence-corrected chi connectivity index (χ3v) is 3.02. The first-order valence-electron chi connectivity index (χ1n) is 6.04. The molecule has 0 saturated carbocycles. The molecule has 0 aromatic carbocycles. The molecule has 1 aromatic heterocycles. The van der Waals surface area contributed by atoms with Crippen molar-refractivity contribution >= 4 is 17.5 Å². The highest BCUT2D eigenvalue weighted by Crippen LogP contribution is 2.12. The minimum Gasteiger partial charge on any atom is -0.358 e. The summed E-state index contributed by atoms with van der Waals surface area (Å²) >= 11 is 0. The van der Waals surface area contributed by atoms with Gasteiger partial charge in [-0.25, -0.2) is 0 Å². The third kappa shape index (κ3) is 3.19. The lowest BCUT2D eigenvalue weighted by molar-refractivity contribution is -0.121. The summed E-state index contributed by atoms with van der Waals surface area (Å²) in [6.07, 6.45) is 3.15. The molecule has 102 valence electrons. The zero-order chi connectivity index (χ0) is 13.8. The zero-order valence-corrected chi connectivity index (χ0v) is 11.0. The smallest absolute Gasteiger partial charge is 0.251 e. The number of amides is 2. The van der Waals surface area contributed by atoms with Crippen LogP contribution in [0.25, 0.3) is 0 Å². The predicted octanol–water partition coefficient (Wildman–Crippen LogP) is -0.513. The number of rotatable bonds is 4. The van der Waals surface area contributed by atoms with Crippen molar-refractivity contribution < 1.29 is 9.59 Å². The van der Waals surface area contributed by atoms with Crippen LogP contribution in [0.2, 0.25) is 0 Å². The van der Waals surface area contributed by atoms with Gasteiger partial charge in [0.25, 0.3) is 5.91 Å². The Kier molecular flexibility index (Phi) is 3.96. The summed E-state index contributed by atoms with van der Waals surface area (Å²) in [7, 11) is 1.57. The SMILES string of the molecule is CNC(=O)Cn1cc(NC(=O)C(C)=C2CNC2)cn1. The van der Waals surface area contributed by atoms with Crippen LogP contribution >= 0.6 is 0 Å². The lowest BCUT2D eigenvalue weighted by atomic mass is 10.0. The van der Waals surface area contributed by atoms with Crippen molar-refractivity contribution in [2.75, 3.05) is 25.5 Å². The van der Waals surface area contributed by atoms with E-state index in [-0.39, 0.29) is 18.4 Å². The van der Waals surface area contributed by atoms with E-state index in [0.29, 0.717) is 5.69 Å². The maximum atomic E-state index is 11.9. The van der Waals surface area contributed by atoms with E-state index in [2.05, 4.69) is 21.0 Å². The number of carbonyl (C=O) groups excluding carboxylic acids is 2. The van der Waals surface area contributed by atoms with E-state index >= 15 is 0 Å². The molecule has 19 heavy (non-hydrogen) atoms. The molecule has 1 saturated heterocycles. The number of nitrogens with zero attached hydrogens (tertiary/aromatic N) is 2. The van der Waals surface area contributed by atoms with Gasteiger partial charge in [-0.1, -0.05) is 0 Å². The second-order valence-corrected chi connectivity index (χ2v) is 4.39. The summed E-state index contributed by atoms with van der Waals surface area (Å²) < 4.78 is 1.47. The number of likely N-dealkylation sites (N-methyl/N-ethyl adjacent to an activating group) is 1. The van der Waals surface area contributed by atoms with Crippen LogP contribution in [0.4, 0.5) is 5.69 Å². The van der Waals surface area contributed by atoms with Crippen LogP contribution in [0, 0.1) is 0 Å². The fraction of sp³-hybridized carbons (Fsp3) is 0.417. The Morgan fingerprint density at radius 3 is 2.79 bits per heavy atom. The second kappa shape index (κ2) is 5.66. The minimum atomic E-state index is -0.139. The maximum Gasteiger partial charge on any atom is 0.251 e. The first-order valence-corrected chi connectivity index (χ1v) is 6.04. The molecule has 1 aliphatic rings. The molecule has 0 unspecified atom stereocenters. The van der Waals surface area contributed by atoms with Gasteiger partial charge >= 0.3 is 0 Å². The van der Waals surface area contributed by atoms with Gasteiger partial charge in [-0.2, -0.15) is 5.10 Å². The quantitative estimate of drug-likeness (QED) is 0.638. The van der Waals surface area contributed by atoms with Gasteiger partial charge in [-0.3, -0.25) is 14.3 Å². The van der Waals surface area contributed by atoms with E-state index in [1.165, 1.54) is 10.9 Å². The lowest BCUT2D eigenvalue weighted by Gasteiger charge is -2.21. The summed E-state index contributed by atoms with van der Waals surface area (Å²) in [5.41, 5.74) is 2.44. The van der Waals surface area contributed by atoms with Gasteiger partial charge in [-0.05, 0) is 12.5 Å². The first-order chi connectivity index (χ1) is 9.10. The van der Waals surface area contributed by atoms with Gasteiger partial charge in [0, 0.05) is 31.9 Å². The van der Waals surface area contributed by atoms with E-state index < -0.39 is 0 Å². The van der Waals surface area contributed by atoms with Crippen LogP contribution in [0.5, 0.6) is 0 Å². The summed E-state index contributed by atoms with van der Waals surface area (Å²) in [5, 5.41) is 12.4. The molecule has 0 atom stereocenters. The molecular formula is C12H17N5O2. The van der Waals surface area contributed by atoms with Gasteiger partial charge < -0.3 is 16.0 Å². The van der Waals surface area contributed by atoms with Gasteiger partial charge in [0.05, 0.1) is 11.9 Å². The Morgan fingerprint density at radius 2 is 2.21 bits per heavy atom. The van der Waals surface area contributed by atoms with Crippen LogP contribution in [0.1, 0.15) is 6.92 Å². The molecule has 7 nitrogen and oxygen atoms in total. The topological polar surface area (TPSA) is 88.0 Å². The lowest BCUT2D eigenvalue weighted by Crippen LogP contribution is -2.36. The second-order valence-electron chi connectivity index (χ2n) is 4.39. The van der Waals surface area contributed by atoms with E-state index in [9.17, 15) is 9.59 Å². The van der Waals surface area contributed by atoms with Crippen molar-refractivity contribution in [1.29, 1.82) is 0 Å². The summed E-state index contributed by atoms with van der Waals surface area (Å²) in [5.74, 6) is -0.268. The number of carbonyl (C=O) groups is 2. The number of nitrogens with one attached hydrogen (secondary N) is 3. The maximum absolute atomic E-state index is 11.9. The van der Waals surface area contributed by atoms with Crippen LogP contribution < -0.4 is 16.0 Å². The molecule has 2 rings (SSSR count). The summed E-state index contributed by atoms with van der Waals surface area (Å²) in [6, 6.07) is 0. The molecule has 7 heteroatoms. The van der Waals surface area contributed by atoms with E-state index in [0.717, 1.165) is 24.2 Å². The molecule has 0 aliphatic carbocycles. The Balaban J connectivity index is 1.96. The van der Waals surface area contributed by atoms with Crippen molar-refractivity contribution in [3.63, 3.8) is 0 Å². The number of hydrogen-bond donors (Lipinski definition) is 3. The Labute approximate surface area is 111 Å². The molecule has 1 aromatic rings. The predicted molar refractivity (Wildman–Crippen MR) is 70.5 cm³/mol. The molecule has 0 radical (unpaired) electrons. The van der Waals surface area contributed by atoms with Crippen molar-refractivity contribution in [3.8, 4) is 0 Å². The largest absolute Gasteiger partial charge is 0.358 e. The molecule has 3 N–H and O–H groups in total. The van der Waals surface area contributed by atoms with Crippen LogP contribution in [-0.4, -0.2) is 41.7 Å². The monoisotopic (exact) mass is 263 g/mol. The third-order valence-electron chi connectivity index (χ3n) is 3.02. The van der Waals surface area contributed by atoms with E-state index in [4.69, 9.17) is 0 Å². The highest BCUT2D eigenvalue weighted by Gasteiger charge is 2.16. The van der Waals surface area contributed by atoms with Gasteiger partial charge in [0.15, 0.2) is 0 Å². The molecule has 0 spiro atoms. The highest BCUT2D eigenvalue weighted by atomic mass is 16.2. The molecule has 1 fully saturated rings. The zero-order valence-electron chi connectivity index (χ0n) is 11.0. The van der Waals surface area contributed by atoms with E-state index in [1.807, 2.05) is 0 Å². The molecule has 2 heterocycles. The average Bonchev–Trinajstić information content (AvgIpc) is 2.73. The first kappa shape index (κ1) is 13.3. The van der Waals surface area contributed by atoms with Crippen LogP contribution in [-0.2, 0) is 16.1 Å². The fourth-order valence-electron chi connectivity index (χ4n) is 1.64. The normalized spacial score (nSPS) is 13.7. The Hall–Kier alpha value is -2.15. The summed E-state index contributed by atoms with van der Waals surface area (Å²) in [6.45, 7) is 3.49. The average molecular weight is 263 g/mol. The van der Waals surface area contributed by atoms with Crippen molar-refractivity contribution in [2.24, 2.45) is 0 Å². The fourth-order valence-corrected chi connectivity index (χ4v) is 1.64. The number of anilines is 1.